The van der Waals surface area contributed by atoms with Gasteiger partial charge < -0.3 is 23.5 Å². The molecule has 0 radical (unpaired) electrons. The molecule has 0 unspecified atom stereocenters. The Morgan fingerprint density at radius 2 is 2.04 bits per heavy atom. The highest BCUT2D eigenvalue weighted by molar-refractivity contribution is 5.98. The van der Waals surface area contributed by atoms with Crippen LogP contribution in [-0.4, -0.2) is 37.7 Å². The zero-order chi connectivity index (χ0) is 19.4. The first-order valence-electron chi connectivity index (χ1n) is 8.42. The van der Waals surface area contributed by atoms with Crippen molar-refractivity contribution >= 4 is 12.0 Å². The number of carbonyl (C=O) groups excluding carboxylic acids is 1. The third-order valence-electron chi connectivity index (χ3n) is 4.25. The van der Waals surface area contributed by atoms with Gasteiger partial charge in [-0.25, -0.2) is 4.79 Å². The molecular weight excluding hydrogens is 348 g/mol. The largest absolute Gasteiger partial charge is 0.459 e. The van der Waals surface area contributed by atoms with Crippen LogP contribution in [0.5, 0.6) is 11.5 Å². The normalized spacial score (nSPS) is 12.7. The van der Waals surface area contributed by atoms with Gasteiger partial charge in [-0.15, -0.1) is 0 Å². The van der Waals surface area contributed by atoms with Crippen LogP contribution in [0.25, 0.3) is 11.8 Å². The van der Waals surface area contributed by atoms with Gasteiger partial charge >= 0.3 is 5.97 Å². The number of aromatic nitrogens is 1. The first-order valence-corrected chi connectivity index (χ1v) is 8.42. The third kappa shape index (κ3) is 3.81. The fourth-order valence-electron chi connectivity index (χ4n) is 2.94. The number of hydrogen-bond donors (Lipinski definition) is 0. The van der Waals surface area contributed by atoms with E-state index in [0.717, 1.165) is 22.6 Å². The van der Waals surface area contributed by atoms with Crippen molar-refractivity contribution in [2.45, 2.75) is 13.8 Å². The average molecular weight is 368 g/mol. The van der Waals surface area contributed by atoms with Gasteiger partial charge in [0.05, 0.1) is 6.61 Å². The van der Waals surface area contributed by atoms with Gasteiger partial charge in [0, 0.05) is 30.3 Å². The molecule has 0 aliphatic carbocycles. The SMILES string of the molecule is COCCOC(=O)/C(C#N)=C/c1cc(C)n(-c2ccc3c(c2)OCO3)c1C. The molecule has 0 bridgehead atoms. The molecule has 0 fully saturated rings. The van der Waals surface area contributed by atoms with Crippen LogP contribution < -0.4 is 9.47 Å². The number of nitrogens with zero attached hydrogens (tertiary/aromatic N) is 2. The maximum atomic E-state index is 12.0. The quantitative estimate of drug-likeness (QED) is 0.337. The molecule has 7 nitrogen and oxygen atoms in total. The van der Waals surface area contributed by atoms with Gasteiger partial charge in [0.25, 0.3) is 0 Å². The summed E-state index contributed by atoms with van der Waals surface area (Å²) in [5.74, 6) is 0.742. The summed E-state index contributed by atoms with van der Waals surface area (Å²) in [4.78, 5) is 12.0. The van der Waals surface area contributed by atoms with Crippen molar-refractivity contribution in [2.75, 3.05) is 27.1 Å². The lowest BCUT2D eigenvalue weighted by Gasteiger charge is -2.10. The first-order chi connectivity index (χ1) is 13.0. The van der Waals surface area contributed by atoms with Crippen molar-refractivity contribution in [1.82, 2.24) is 4.57 Å². The van der Waals surface area contributed by atoms with Gasteiger partial charge in [-0.3, -0.25) is 0 Å². The fourth-order valence-corrected chi connectivity index (χ4v) is 2.94. The predicted molar refractivity (Wildman–Crippen MR) is 97.8 cm³/mol. The molecule has 3 rings (SSSR count). The summed E-state index contributed by atoms with van der Waals surface area (Å²) in [6.45, 7) is 4.48. The minimum Gasteiger partial charge on any atom is -0.459 e. The van der Waals surface area contributed by atoms with Crippen molar-refractivity contribution in [1.29, 1.82) is 5.26 Å². The smallest absolute Gasteiger partial charge is 0.348 e. The molecule has 7 heteroatoms. The van der Waals surface area contributed by atoms with E-state index in [4.69, 9.17) is 18.9 Å². The van der Waals surface area contributed by atoms with Crippen molar-refractivity contribution in [3.63, 3.8) is 0 Å². The molecule has 140 valence electrons. The molecule has 2 aromatic rings. The standard InChI is InChI=1S/C20H20N2O5/c1-13-8-15(9-16(11-21)20(23)25-7-6-24-3)14(2)22(13)17-4-5-18-19(10-17)27-12-26-18/h4-5,8-10H,6-7,12H2,1-3H3/b16-9+. The maximum Gasteiger partial charge on any atom is 0.348 e. The van der Waals surface area contributed by atoms with Gasteiger partial charge in [0.15, 0.2) is 11.5 Å². The summed E-state index contributed by atoms with van der Waals surface area (Å²) in [6, 6.07) is 9.52. The Morgan fingerprint density at radius 1 is 1.26 bits per heavy atom. The number of methoxy groups -OCH3 is 1. The summed E-state index contributed by atoms with van der Waals surface area (Å²) in [7, 11) is 1.51. The number of nitriles is 1. The minimum absolute atomic E-state index is 0.0583. The topological polar surface area (TPSA) is 82.7 Å². The molecule has 2 heterocycles. The average Bonchev–Trinajstić information content (AvgIpc) is 3.23. The zero-order valence-corrected chi connectivity index (χ0v) is 15.4. The summed E-state index contributed by atoms with van der Waals surface area (Å²) >= 11 is 0. The predicted octanol–water partition coefficient (Wildman–Crippen LogP) is 2.92. The van der Waals surface area contributed by atoms with E-state index in [1.54, 1.807) is 6.08 Å². The number of fused-ring (bicyclic) bond motifs is 1. The van der Waals surface area contributed by atoms with E-state index in [-0.39, 0.29) is 25.6 Å². The van der Waals surface area contributed by atoms with Crippen LogP contribution in [0.3, 0.4) is 0 Å². The molecule has 0 spiro atoms. The highest BCUT2D eigenvalue weighted by Gasteiger charge is 2.17. The molecule has 0 N–H and O–H groups in total. The monoisotopic (exact) mass is 368 g/mol. The van der Waals surface area contributed by atoms with Gasteiger partial charge in [0.2, 0.25) is 6.79 Å². The summed E-state index contributed by atoms with van der Waals surface area (Å²) < 4.78 is 22.7. The molecule has 1 aromatic heterocycles. The molecule has 0 atom stereocenters. The van der Waals surface area contributed by atoms with E-state index in [9.17, 15) is 10.1 Å². The molecule has 1 aliphatic rings. The number of carbonyl (C=O) groups is 1. The summed E-state index contributed by atoms with van der Waals surface area (Å²) in [6.07, 6.45) is 1.54. The molecule has 27 heavy (non-hydrogen) atoms. The van der Waals surface area contributed by atoms with E-state index in [2.05, 4.69) is 0 Å². The minimum atomic E-state index is -0.664. The van der Waals surface area contributed by atoms with Crippen LogP contribution in [-0.2, 0) is 14.3 Å². The van der Waals surface area contributed by atoms with Crippen LogP contribution in [0, 0.1) is 25.2 Å². The van der Waals surface area contributed by atoms with E-state index >= 15 is 0 Å². The lowest BCUT2D eigenvalue weighted by atomic mass is 10.1. The first kappa shape index (κ1) is 18.5. The van der Waals surface area contributed by atoms with E-state index in [0.29, 0.717) is 11.5 Å². The van der Waals surface area contributed by atoms with Gasteiger partial charge in [-0.2, -0.15) is 5.26 Å². The Labute approximate surface area is 157 Å². The van der Waals surface area contributed by atoms with Crippen LogP contribution in [0.1, 0.15) is 17.0 Å². The molecule has 1 aromatic carbocycles. The maximum absolute atomic E-state index is 12.0. The Hall–Kier alpha value is -3.24. The van der Waals surface area contributed by atoms with Crippen LogP contribution >= 0.6 is 0 Å². The van der Waals surface area contributed by atoms with Gasteiger partial charge in [-0.1, -0.05) is 0 Å². The lowest BCUT2D eigenvalue weighted by molar-refractivity contribution is -0.139. The number of aryl methyl sites for hydroxylation is 1. The number of benzene rings is 1. The van der Waals surface area contributed by atoms with Crippen LogP contribution in [0.4, 0.5) is 0 Å². The van der Waals surface area contributed by atoms with Crippen molar-refractivity contribution in [3.05, 3.63) is 46.8 Å². The number of ether oxygens (including phenoxy) is 4. The highest BCUT2D eigenvalue weighted by Crippen LogP contribution is 2.35. The zero-order valence-electron chi connectivity index (χ0n) is 15.4. The van der Waals surface area contributed by atoms with Crippen molar-refractivity contribution < 1.29 is 23.7 Å². The lowest BCUT2D eigenvalue weighted by Crippen LogP contribution is -2.11. The Kier molecular flexibility index (Phi) is 5.48. The van der Waals surface area contributed by atoms with E-state index in [1.807, 2.05) is 48.7 Å². The summed E-state index contributed by atoms with van der Waals surface area (Å²) in [5.41, 5.74) is 3.48. The number of hydrogen-bond acceptors (Lipinski definition) is 6. The van der Waals surface area contributed by atoms with Crippen LogP contribution in [0.15, 0.2) is 29.8 Å². The second kappa shape index (κ2) is 7.98. The second-order valence-corrected chi connectivity index (χ2v) is 6.00. The fraction of sp³-hybridized carbons (Fsp3) is 0.300. The van der Waals surface area contributed by atoms with Gasteiger partial charge in [0.1, 0.15) is 18.2 Å². The molecule has 0 saturated carbocycles. The molecule has 1 aliphatic heterocycles. The Bertz CT molecular complexity index is 937. The van der Waals surface area contributed by atoms with Gasteiger partial charge in [-0.05, 0) is 43.7 Å². The molecule has 0 amide bonds. The second-order valence-electron chi connectivity index (χ2n) is 6.00. The van der Waals surface area contributed by atoms with Crippen LogP contribution in [0.2, 0.25) is 0 Å². The Morgan fingerprint density at radius 3 is 2.78 bits per heavy atom. The van der Waals surface area contributed by atoms with E-state index < -0.39 is 5.97 Å². The third-order valence-corrected chi connectivity index (χ3v) is 4.25. The van der Waals surface area contributed by atoms with Crippen molar-refractivity contribution in [2.24, 2.45) is 0 Å². The molecular formula is C20H20N2O5. The van der Waals surface area contributed by atoms with Crippen molar-refractivity contribution in [3.8, 4) is 23.3 Å². The number of esters is 1. The molecule has 0 saturated heterocycles. The summed E-state index contributed by atoms with van der Waals surface area (Å²) in [5, 5.41) is 9.32. The number of rotatable bonds is 6. The highest BCUT2D eigenvalue weighted by atomic mass is 16.7. The van der Waals surface area contributed by atoms with E-state index in [1.165, 1.54) is 7.11 Å². The Balaban J connectivity index is 1.91.